The van der Waals surface area contributed by atoms with E-state index in [1.54, 1.807) is 0 Å². The summed E-state index contributed by atoms with van der Waals surface area (Å²) in [6.45, 7) is 18.7. The van der Waals surface area contributed by atoms with Gasteiger partial charge in [-0.05, 0) is 70.7 Å². The minimum absolute atomic E-state index is 0.0875. The van der Waals surface area contributed by atoms with E-state index in [0.29, 0.717) is 12.6 Å². The van der Waals surface area contributed by atoms with Crippen molar-refractivity contribution in [2.45, 2.75) is 66.0 Å². The highest BCUT2D eigenvalue weighted by Gasteiger charge is 2.30. The van der Waals surface area contributed by atoms with Crippen LogP contribution in [0.5, 0.6) is 0 Å². The van der Waals surface area contributed by atoms with Gasteiger partial charge in [-0.1, -0.05) is 19.6 Å². The summed E-state index contributed by atoms with van der Waals surface area (Å²) in [6, 6.07) is 4.86. The lowest BCUT2D eigenvalue weighted by Crippen LogP contribution is -2.30. The Morgan fingerprint density at radius 3 is 2.69 bits per heavy atom. The predicted octanol–water partition coefficient (Wildman–Crippen LogP) is 5.63. The van der Waals surface area contributed by atoms with Gasteiger partial charge in [-0.25, -0.2) is 4.98 Å². The Morgan fingerprint density at radius 2 is 2.03 bits per heavy atom. The van der Waals surface area contributed by atoms with Crippen molar-refractivity contribution in [2.75, 3.05) is 24.6 Å². The third-order valence-electron chi connectivity index (χ3n) is 5.90. The standard InChI is InChI=1S/C24H35N3O2/c1-8-10-20(19(5)28)24(6,7)29-12-9-11-26-15-18(4)27-22-14-17(3)16(2)13-21(22)25-23(26)27/h10,13-14,18,28H,5,8-9,11-12,15H2,1-4,6-7H3/b20-10+. The van der Waals surface area contributed by atoms with Crippen LogP contribution in [0.3, 0.4) is 0 Å². The molecular weight excluding hydrogens is 362 g/mol. The first kappa shape index (κ1) is 21.4. The highest BCUT2D eigenvalue weighted by atomic mass is 16.5. The lowest BCUT2D eigenvalue weighted by atomic mass is 9.95. The molecule has 1 aliphatic heterocycles. The zero-order chi connectivity index (χ0) is 21.3. The average Bonchev–Trinajstić information content (AvgIpc) is 3.14. The van der Waals surface area contributed by atoms with Gasteiger partial charge in [0.05, 0.1) is 22.7 Å². The largest absolute Gasteiger partial charge is 0.508 e. The van der Waals surface area contributed by atoms with Gasteiger partial charge >= 0.3 is 0 Å². The summed E-state index contributed by atoms with van der Waals surface area (Å²) in [6.07, 6.45) is 3.72. The van der Waals surface area contributed by atoms with Crippen LogP contribution in [0.25, 0.3) is 11.0 Å². The molecule has 29 heavy (non-hydrogen) atoms. The second kappa shape index (κ2) is 8.23. The molecule has 2 aromatic rings. The van der Waals surface area contributed by atoms with Crippen LogP contribution in [0.2, 0.25) is 0 Å². The molecule has 2 heterocycles. The number of hydrogen-bond acceptors (Lipinski definition) is 4. The monoisotopic (exact) mass is 397 g/mol. The first-order valence-electron chi connectivity index (χ1n) is 10.6. The highest BCUT2D eigenvalue weighted by molar-refractivity contribution is 5.81. The summed E-state index contributed by atoms with van der Waals surface area (Å²) in [7, 11) is 0. The zero-order valence-electron chi connectivity index (χ0n) is 18.7. The quantitative estimate of drug-likeness (QED) is 0.356. The molecule has 1 N–H and O–H groups in total. The van der Waals surface area contributed by atoms with Crippen molar-refractivity contribution in [2.24, 2.45) is 0 Å². The number of anilines is 1. The number of aliphatic hydroxyl groups is 1. The lowest BCUT2D eigenvalue weighted by molar-refractivity contribution is 0.00839. The molecule has 3 rings (SSSR count). The Bertz CT molecular complexity index is 939. The van der Waals surface area contributed by atoms with Crippen LogP contribution in [-0.4, -0.2) is 40.0 Å². The maximum absolute atomic E-state index is 9.89. The van der Waals surface area contributed by atoms with Crippen LogP contribution >= 0.6 is 0 Å². The van der Waals surface area contributed by atoms with Gasteiger partial charge in [0.15, 0.2) is 0 Å². The molecule has 1 aromatic carbocycles. The molecule has 158 valence electrons. The molecule has 0 fully saturated rings. The van der Waals surface area contributed by atoms with Crippen molar-refractivity contribution >= 4 is 17.0 Å². The average molecular weight is 398 g/mol. The number of aromatic nitrogens is 2. The molecule has 5 heteroatoms. The number of ether oxygens (including phenoxy) is 1. The van der Waals surface area contributed by atoms with Crippen molar-refractivity contribution in [3.8, 4) is 0 Å². The van der Waals surface area contributed by atoms with E-state index in [1.165, 1.54) is 16.6 Å². The summed E-state index contributed by atoms with van der Waals surface area (Å²) in [5, 5.41) is 9.89. The van der Waals surface area contributed by atoms with Crippen molar-refractivity contribution < 1.29 is 9.84 Å². The molecule has 1 aliphatic rings. The fourth-order valence-corrected chi connectivity index (χ4v) is 4.24. The Kier molecular flexibility index (Phi) is 6.08. The van der Waals surface area contributed by atoms with Gasteiger partial charge in [0, 0.05) is 25.3 Å². The third-order valence-corrected chi connectivity index (χ3v) is 5.90. The SMILES string of the molecule is C=C(O)/C(=C\CC)C(C)(C)OCCCN1CC(C)n2c1nc1cc(C)c(C)cc12. The second-order valence-corrected chi connectivity index (χ2v) is 8.69. The maximum atomic E-state index is 9.89. The number of allylic oxidation sites excluding steroid dienone is 1. The van der Waals surface area contributed by atoms with Gasteiger partial charge in [0.25, 0.3) is 0 Å². The van der Waals surface area contributed by atoms with Crippen LogP contribution in [0.15, 0.2) is 36.1 Å². The van der Waals surface area contributed by atoms with E-state index < -0.39 is 5.60 Å². The Hall–Kier alpha value is -2.27. The minimum Gasteiger partial charge on any atom is -0.508 e. The topological polar surface area (TPSA) is 50.5 Å². The molecule has 0 amide bonds. The molecule has 0 spiro atoms. The lowest BCUT2D eigenvalue weighted by Gasteiger charge is -2.28. The number of imidazole rings is 1. The molecule has 0 radical (unpaired) electrons. The van der Waals surface area contributed by atoms with E-state index in [2.05, 4.69) is 48.9 Å². The summed E-state index contributed by atoms with van der Waals surface area (Å²) in [4.78, 5) is 7.29. The van der Waals surface area contributed by atoms with Crippen LogP contribution < -0.4 is 4.90 Å². The van der Waals surface area contributed by atoms with Gasteiger partial charge in [-0.3, -0.25) is 0 Å². The normalized spacial score (nSPS) is 17.2. The Balaban J connectivity index is 1.66. The van der Waals surface area contributed by atoms with E-state index in [0.717, 1.165) is 43.0 Å². The molecule has 0 bridgehead atoms. The molecule has 5 nitrogen and oxygen atoms in total. The van der Waals surface area contributed by atoms with Gasteiger partial charge in [0.1, 0.15) is 5.76 Å². The molecule has 0 saturated carbocycles. The van der Waals surface area contributed by atoms with E-state index in [9.17, 15) is 5.11 Å². The molecule has 1 aromatic heterocycles. The van der Waals surface area contributed by atoms with E-state index >= 15 is 0 Å². The van der Waals surface area contributed by atoms with Gasteiger partial charge < -0.3 is 19.3 Å². The van der Waals surface area contributed by atoms with Gasteiger partial charge in [0.2, 0.25) is 5.95 Å². The van der Waals surface area contributed by atoms with Crippen molar-refractivity contribution in [1.82, 2.24) is 9.55 Å². The number of hydrogen-bond donors (Lipinski definition) is 1. The van der Waals surface area contributed by atoms with E-state index in [4.69, 9.17) is 9.72 Å². The molecule has 1 unspecified atom stereocenters. The molecule has 0 aliphatic carbocycles. The zero-order valence-corrected chi connectivity index (χ0v) is 18.7. The number of nitrogens with zero attached hydrogens (tertiary/aromatic N) is 3. The van der Waals surface area contributed by atoms with Crippen molar-refractivity contribution in [3.05, 3.63) is 47.2 Å². The molecular formula is C24H35N3O2. The fourth-order valence-electron chi connectivity index (χ4n) is 4.24. The van der Waals surface area contributed by atoms with E-state index in [1.807, 2.05) is 26.8 Å². The third kappa shape index (κ3) is 4.20. The second-order valence-electron chi connectivity index (χ2n) is 8.69. The first-order valence-corrected chi connectivity index (χ1v) is 10.6. The summed E-state index contributed by atoms with van der Waals surface area (Å²) < 4.78 is 8.49. The van der Waals surface area contributed by atoms with Crippen LogP contribution in [0.4, 0.5) is 5.95 Å². The molecule has 1 atom stereocenters. The first-order chi connectivity index (χ1) is 13.7. The van der Waals surface area contributed by atoms with Crippen molar-refractivity contribution in [1.29, 1.82) is 0 Å². The summed E-state index contributed by atoms with van der Waals surface area (Å²) in [5.74, 6) is 1.15. The summed E-state index contributed by atoms with van der Waals surface area (Å²) >= 11 is 0. The fraction of sp³-hybridized carbons (Fsp3) is 0.542. The Labute approximate surface area is 174 Å². The van der Waals surface area contributed by atoms with Gasteiger partial charge in [-0.2, -0.15) is 0 Å². The van der Waals surface area contributed by atoms with Crippen LogP contribution in [-0.2, 0) is 4.74 Å². The highest BCUT2D eigenvalue weighted by Crippen LogP contribution is 2.34. The smallest absolute Gasteiger partial charge is 0.206 e. The van der Waals surface area contributed by atoms with Crippen molar-refractivity contribution in [3.63, 3.8) is 0 Å². The number of fused-ring (bicyclic) bond motifs is 3. The minimum atomic E-state index is -0.553. The number of aryl methyl sites for hydroxylation is 2. The van der Waals surface area contributed by atoms with Gasteiger partial charge in [-0.15, -0.1) is 0 Å². The van der Waals surface area contributed by atoms with E-state index in [-0.39, 0.29) is 5.76 Å². The predicted molar refractivity (Wildman–Crippen MR) is 121 cm³/mol. The maximum Gasteiger partial charge on any atom is 0.206 e. The molecule has 0 saturated heterocycles. The van der Waals surface area contributed by atoms with Crippen LogP contribution in [0, 0.1) is 13.8 Å². The Morgan fingerprint density at radius 1 is 1.34 bits per heavy atom. The number of aliphatic hydroxyl groups excluding tert-OH is 1. The number of benzene rings is 1. The van der Waals surface area contributed by atoms with Crippen LogP contribution in [0.1, 0.15) is 57.7 Å². The number of rotatable bonds is 8. The summed E-state index contributed by atoms with van der Waals surface area (Å²) in [5.41, 5.74) is 5.11.